The largest absolute Gasteiger partial charge is 0.454 e. The van der Waals surface area contributed by atoms with Gasteiger partial charge in [0.1, 0.15) is 0 Å². The van der Waals surface area contributed by atoms with Crippen LogP contribution in [0.4, 0.5) is 5.69 Å². The first-order valence-electron chi connectivity index (χ1n) is 8.21. The Hall–Kier alpha value is -2.59. The number of hydrogen-bond acceptors (Lipinski definition) is 9. The van der Waals surface area contributed by atoms with Crippen molar-refractivity contribution in [2.45, 2.75) is 25.0 Å². The number of carbonyl (C=O) groups excluding carboxylic acids is 1. The van der Waals surface area contributed by atoms with Crippen molar-refractivity contribution in [2.24, 2.45) is 0 Å². The van der Waals surface area contributed by atoms with Gasteiger partial charge in [0.15, 0.2) is 11.5 Å². The van der Waals surface area contributed by atoms with Gasteiger partial charge in [-0.15, -0.1) is 21.5 Å². The standard InChI is InChI=1S/C17H16N4O4S2/c1-10-18-12(8-27-10)7-16-20-21-17(25-16)26-5-4-15(22)19-11-2-3-13-14(6-11)24-9-23-13/h2-3,6,8H,4-5,7,9H2,1H3,(H,19,22). The Balaban J connectivity index is 1.23. The SMILES string of the molecule is Cc1nc(Cc2nnc(SCCC(=O)Nc3ccc4c(c3)OCO4)o2)cs1. The van der Waals surface area contributed by atoms with Gasteiger partial charge in [0.25, 0.3) is 5.22 Å². The highest BCUT2D eigenvalue weighted by Gasteiger charge is 2.14. The fourth-order valence-corrected chi connectivity index (χ4v) is 3.77. The average molecular weight is 404 g/mol. The summed E-state index contributed by atoms with van der Waals surface area (Å²) in [6.45, 7) is 2.16. The number of amides is 1. The van der Waals surface area contributed by atoms with E-state index in [0.717, 1.165) is 10.7 Å². The number of thioether (sulfide) groups is 1. The molecule has 8 nitrogen and oxygen atoms in total. The Morgan fingerprint density at radius 1 is 1.30 bits per heavy atom. The van der Waals surface area contributed by atoms with E-state index < -0.39 is 0 Å². The molecule has 1 aromatic carbocycles. The first-order valence-corrected chi connectivity index (χ1v) is 10.1. The number of thiazole rings is 1. The van der Waals surface area contributed by atoms with Gasteiger partial charge < -0.3 is 19.2 Å². The number of nitrogens with one attached hydrogen (secondary N) is 1. The van der Waals surface area contributed by atoms with Crippen LogP contribution >= 0.6 is 23.1 Å². The predicted octanol–water partition coefficient (Wildman–Crippen LogP) is 3.27. The first-order chi connectivity index (χ1) is 13.2. The molecule has 0 saturated carbocycles. The van der Waals surface area contributed by atoms with Crippen molar-refractivity contribution in [1.82, 2.24) is 15.2 Å². The Morgan fingerprint density at radius 3 is 3.04 bits per heavy atom. The molecule has 0 radical (unpaired) electrons. The van der Waals surface area contributed by atoms with Gasteiger partial charge in [-0.3, -0.25) is 4.79 Å². The molecule has 4 rings (SSSR count). The van der Waals surface area contributed by atoms with Gasteiger partial charge in [-0.1, -0.05) is 11.8 Å². The number of hydrogen-bond donors (Lipinski definition) is 1. The molecule has 27 heavy (non-hydrogen) atoms. The van der Waals surface area contributed by atoms with Crippen molar-refractivity contribution in [2.75, 3.05) is 17.9 Å². The van der Waals surface area contributed by atoms with Gasteiger partial charge in [0.2, 0.25) is 18.6 Å². The summed E-state index contributed by atoms with van der Waals surface area (Å²) >= 11 is 2.94. The van der Waals surface area contributed by atoms with E-state index in [1.54, 1.807) is 29.5 Å². The summed E-state index contributed by atoms with van der Waals surface area (Å²) in [5.74, 6) is 2.28. The second-order valence-electron chi connectivity index (χ2n) is 5.71. The van der Waals surface area contributed by atoms with Crippen LogP contribution in [-0.2, 0) is 11.2 Å². The molecule has 2 aromatic heterocycles. The van der Waals surface area contributed by atoms with Crippen LogP contribution in [0, 0.1) is 6.92 Å². The van der Waals surface area contributed by atoms with Gasteiger partial charge in [0, 0.05) is 29.3 Å². The molecular weight excluding hydrogens is 388 g/mol. The Kier molecular flexibility index (Phi) is 5.26. The molecule has 1 amide bonds. The lowest BCUT2D eigenvalue weighted by atomic mass is 10.2. The number of anilines is 1. The molecule has 0 fully saturated rings. The van der Waals surface area contributed by atoms with Crippen LogP contribution in [0.3, 0.4) is 0 Å². The molecular formula is C17H16N4O4S2. The summed E-state index contributed by atoms with van der Waals surface area (Å²) in [5.41, 5.74) is 1.59. The van der Waals surface area contributed by atoms with Crippen LogP contribution in [0.2, 0.25) is 0 Å². The van der Waals surface area contributed by atoms with E-state index in [-0.39, 0.29) is 12.7 Å². The molecule has 3 aromatic rings. The van der Waals surface area contributed by atoms with Gasteiger partial charge in [-0.05, 0) is 19.1 Å². The predicted molar refractivity (Wildman–Crippen MR) is 100 cm³/mol. The molecule has 0 bridgehead atoms. The molecule has 10 heteroatoms. The van der Waals surface area contributed by atoms with E-state index >= 15 is 0 Å². The molecule has 0 atom stereocenters. The second-order valence-corrected chi connectivity index (χ2v) is 7.82. The summed E-state index contributed by atoms with van der Waals surface area (Å²) in [6, 6.07) is 5.30. The topological polar surface area (TPSA) is 99.4 Å². The third-order valence-electron chi connectivity index (χ3n) is 3.66. The maximum atomic E-state index is 12.1. The third kappa shape index (κ3) is 4.58. The molecule has 0 aliphatic carbocycles. The fourth-order valence-electron chi connectivity index (χ4n) is 2.44. The van der Waals surface area contributed by atoms with Gasteiger partial charge in [-0.25, -0.2) is 4.98 Å². The Labute approximate surface area is 163 Å². The van der Waals surface area contributed by atoms with E-state index in [1.807, 2.05) is 12.3 Å². The number of aryl methyl sites for hydroxylation is 1. The molecule has 0 spiro atoms. The van der Waals surface area contributed by atoms with E-state index in [0.29, 0.717) is 46.9 Å². The molecule has 0 saturated heterocycles. The summed E-state index contributed by atoms with van der Waals surface area (Å²) in [4.78, 5) is 16.5. The number of nitrogens with zero attached hydrogens (tertiary/aromatic N) is 3. The highest BCUT2D eigenvalue weighted by Crippen LogP contribution is 2.34. The molecule has 0 unspecified atom stereocenters. The van der Waals surface area contributed by atoms with Crippen molar-refractivity contribution < 1.29 is 18.7 Å². The van der Waals surface area contributed by atoms with Crippen LogP contribution in [0.15, 0.2) is 33.2 Å². The van der Waals surface area contributed by atoms with Crippen LogP contribution < -0.4 is 14.8 Å². The maximum absolute atomic E-state index is 12.1. The van der Waals surface area contributed by atoms with Crippen molar-refractivity contribution in [3.63, 3.8) is 0 Å². The number of fused-ring (bicyclic) bond motifs is 1. The highest BCUT2D eigenvalue weighted by atomic mass is 32.2. The lowest BCUT2D eigenvalue weighted by molar-refractivity contribution is -0.115. The van der Waals surface area contributed by atoms with Crippen molar-refractivity contribution in [1.29, 1.82) is 0 Å². The van der Waals surface area contributed by atoms with Crippen molar-refractivity contribution >= 4 is 34.7 Å². The van der Waals surface area contributed by atoms with E-state index in [4.69, 9.17) is 13.9 Å². The normalized spacial score (nSPS) is 12.3. The van der Waals surface area contributed by atoms with Crippen LogP contribution in [0.25, 0.3) is 0 Å². The third-order valence-corrected chi connectivity index (χ3v) is 5.30. The number of aromatic nitrogens is 3. The monoisotopic (exact) mass is 404 g/mol. The lowest BCUT2D eigenvalue weighted by Crippen LogP contribution is -2.12. The summed E-state index contributed by atoms with van der Waals surface area (Å²) in [7, 11) is 0. The Morgan fingerprint density at radius 2 is 2.19 bits per heavy atom. The van der Waals surface area contributed by atoms with Gasteiger partial charge in [0.05, 0.1) is 17.1 Å². The van der Waals surface area contributed by atoms with E-state index in [9.17, 15) is 4.79 Å². The quantitative estimate of drug-likeness (QED) is 0.599. The van der Waals surface area contributed by atoms with E-state index in [2.05, 4.69) is 20.5 Å². The zero-order valence-corrected chi connectivity index (χ0v) is 16.1. The molecule has 1 aliphatic rings. The summed E-state index contributed by atoms with van der Waals surface area (Å²) < 4.78 is 16.1. The zero-order valence-electron chi connectivity index (χ0n) is 14.4. The summed E-state index contributed by atoms with van der Waals surface area (Å²) in [6.07, 6.45) is 0.838. The van der Waals surface area contributed by atoms with Gasteiger partial charge in [-0.2, -0.15) is 0 Å². The average Bonchev–Trinajstić information content (AvgIpc) is 3.37. The second kappa shape index (κ2) is 7.97. The molecule has 1 N–H and O–H groups in total. The highest BCUT2D eigenvalue weighted by molar-refractivity contribution is 7.99. The van der Waals surface area contributed by atoms with Crippen LogP contribution in [0.1, 0.15) is 23.0 Å². The fraction of sp³-hybridized carbons (Fsp3) is 0.294. The number of carbonyl (C=O) groups is 1. The molecule has 1 aliphatic heterocycles. The minimum Gasteiger partial charge on any atom is -0.454 e. The van der Waals surface area contributed by atoms with Crippen molar-refractivity contribution in [3.8, 4) is 11.5 Å². The lowest BCUT2D eigenvalue weighted by Gasteiger charge is -2.05. The molecule has 140 valence electrons. The van der Waals surface area contributed by atoms with Crippen molar-refractivity contribution in [3.05, 3.63) is 40.2 Å². The van der Waals surface area contributed by atoms with E-state index in [1.165, 1.54) is 11.8 Å². The van der Waals surface area contributed by atoms with Crippen LogP contribution in [0.5, 0.6) is 11.5 Å². The molecule has 3 heterocycles. The number of rotatable bonds is 7. The van der Waals surface area contributed by atoms with Crippen LogP contribution in [-0.4, -0.2) is 33.6 Å². The number of ether oxygens (including phenoxy) is 2. The maximum Gasteiger partial charge on any atom is 0.276 e. The smallest absolute Gasteiger partial charge is 0.276 e. The number of benzene rings is 1. The summed E-state index contributed by atoms with van der Waals surface area (Å²) in [5, 5.41) is 14.3. The Bertz CT molecular complexity index is 956. The minimum absolute atomic E-state index is 0.0981. The first kappa shape index (κ1) is 17.8. The minimum atomic E-state index is -0.0981. The van der Waals surface area contributed by atoms with Gasteiger partial charge >= 0.3 is 0 Å². The zero-order chi connectivity index (χ0) is 18.6.